The van der Waals surface area contributed by atoms with Gasteiger partial charge in [-0.05, 0) is 43.1 Å². The topological polar surface area (TPSA) is 55.1 Å². The van der Waals surface area contributed by atoms with Crippen LogP contribution < -0.4 is 11.1 Å². The molecule has 0 spiro atoms. The molecule has 3 nitrogen and oxygen atoms in total. The second-order valence-electron chi connectivity index (χ2n) is 6.38. The van der Waals surface area contributed by atoms with E-state index in [1.807, 2.05) is 6.92 Å². The number of nitrogens with one attached hydrogen (secondary N) is 1. The third-order valence-electron chi connectivity index (χ3n) is 4.90. The van der Waals surface area contributed by atoms with Crippen molar-refractivity contribution in [3.05, 3.63) is 35.9 Å². The van der Waals surface area contributed by atoms with E-state index in [1.54, 1.807) is 0 Å². The number of hydrogen-bond acceptors (Lipinski definition) is 2. The molecule has 2 rings (SSSR count). The maximum atomic E-state index is 12.1. The van der Waals surface area contributed by atoms with Crippen molar-refractivity contribution in [1.82, 2.24) is 5.32 Å². The van der Waals surface area contributed by atoms with E-state index in [2.05, 4.69) is 42.6 Å². The first-order valence-corrected chi connectivity index (χ1v) is 8.22. The van der Waals surface area contributed by atoms with Crippen molar-refractivity contribution in [3.8, 4) is 0 Å². The molecule has 1 aromatic carbocycles. The summed E-state index contributed by atoms with van der Waals surface area (Å²) in [5.41, 5.74) is 7.42. The van der Waals surface area contributed by atoms with Crippen LogP contribution in [0.4, 0.5) is 0 Å². The number of amides is 1. The van der Waals surface area contributed by atoms with Gasteiger partial charge in [0.15, 0.2) is 0 Å². The van der Waals surface area contributed by atoms with Crippen LogP contribution in [0.2, 0.25) is 0 Å². The number of rotatable bonds is 5. The van der Waals surface area contributed by atoms with E-state index in [0.29, 0.717) is 12.0 Å². The van der Waals surface area contributed by atoms with E-state index in [4.69, 9.17) is 5.73 Å². The quantitative estimate of drug-likeness (QED) is 0.874. The van der Waals surface area contributed by atoms with Gasteiger partial charge in [0.05, 0.1) is 6.04 Å². The second kappa shape index (κ2) is 7.60. The molecule has 3 heteroatoms. The monoisotopic (exact) mass is 288 g/mol. The largest absolute Gasteiger partial charge is 0.352 e. The lowest BCUT2D eigenvalue weighted by atomic mass is 9.81. The fraction of sp³-hybridized carbons (Fsp3) is 0.611. The first kappa shape index (κ1) is 16.0. The zero-order valence-corrected chi connectivity index (χ0v) is 13.2. The Bertz CT molecular complexity index is 438. The highest BCUT2D eigenvalue weighted by atomic mass is 16.2. The molecule has 0 unspecified atom stereocenters. The number of benzene rings is 1. The van der Waals surface area contributed by atoms with Gasteiger partial charge >= 0.3 is 0 Å². The third-order valence-corrected chi connectivity index (χ3v) is 4.90. The molecule has 0 bridgehead atoms. The molecule has 0 heterocycles. The Morgan fingerprint density at radius 3 is 2.43 bits per heavy atom. The molecule has 0 saturated heterocycles. The molecular weight excluding hydrogens is 260 g/mol. The van der Waals surface area contributed by atoms with E-state index in [1.165, 1.54) is 5.56 Å². The maximum Gasteiger partial charge on any atom is 0.237 e. The van der Waals surface area contributed by atoms with Crippen molar-refractivity contribution in [1.29, 1.82) is 0 Å². The van der Waals surface area contributed by atoms with Gasteiger partial charge in [0.25, 0.3) is 0 Å². The van der Waals surface area contributed by atoms with Gasteiger partial charge in [0.1, 0.15) is 0 Å². The lowest BCUT2D eigenvalue weighted by Gasteiger charge is -2.30. The average molecular weight is 288 g/mol. The van der Waals surface area contributed by atoms with Gasteiger partial charge < -0.3 is 11.1 Å². The van der Waals surface area contributed by atoms with Crippen molar-refractivity contribution < 1.29 is 4.79 Å². The summed E-state index contributed by atoms with van der Waals surface area (Å²) in [6, 6.07) is 10.6. The van der Waals surface area contributed by atoms with Crippen LogP contribution in [0, 0.1) is 5.92 Å². The van der Waals surface area contributed by atoms with Crippen LogP contribution in [0.5, 0.6) is 0 Å². The predicted molar refractivity (Wildman–Crippen MR) is 87.0 cm³/mol. The highest BCUT2D eigenvalue weighted by Gasteiger charge is 2.26. The molecule has 1 saturated carbocycles. The zero-order chi connectivity index (χ0) is 15.2. The molecular formula is C18H28N2O. The summed E-state index contributed by atoms with van der Waals surface area (Å²) in [5, 5.41) is 3.14. The molecule has 1 aliphatic carbocycles. The second-order valence-corrected chi connectivity index (χ2v) is 6.38. The lowest BCUT2D eigenvalue weighted by Crippen LogP contribution is -2.49. The molecule has 1 fully saturated rings. The van der Waals surface area contributed by atoms with Gasteiger partial charge in [-0.2, -0.15) is 0 Å². The summed E-state index contributed by atoms with van der Waals surface area (Å²) in [6.45, 7) is 4.11. The first-order chi connectivity index (χ1) is 10.1. The van der Waals surface area contributed by atoms with E-state index in [-0.39, 0.29) is 17.9 Å². The van der Waals surface area contributed by atoms with Gasteiger partial charge in [0.2, 0.25) is 5.91 Å². The summed E-state index contributed by atoms with van der Waals surface area (Å²) < 4.78 is 0. The summed E-state index contributed by atoms with van der Waals surface area (Å²) >= 11 is 0. The van der Waals surface area contributed by atoms with E-state index >= 15 is 0 Å². The summed E-state index contributed by atoms with van der Waals surface area (Å²) in [6.07, 6.45) is 5.34. The molecule has 21 heavy (non-hydrogen) atoms. The van der Waals surface area contributed by atoms with Crippen LogP contribution in [0.15, 0.2) is 30.3 Å². The van der Waals surface area contributed by atoms with Gasteiger partial charge in [-0.1, -0.05) is 50.6 Å². The number of carbonyl (C=O) groups excluding carboxylic acids is 1. The van der Waals surface area contributed by atoms with Crippen molar-refractivity contribution in [2.75, 3.05) is 0 Å². The number of carbonyl (C=O) groups is 1. The summed E-state index contributed by atoms with van der Waals surface area (Å²) in [5.74, 6) is 0.903. The Labute approximate surface area is 128 Å². The average Bonchev–Trinajstić information content (AvgIpc) is 2.54. The highest BCUT2D eigenvalue weighted by molar-refractivity contribution is 5.82. The van der Waals surface area contributed by atoms with E-state index in [0.717, 1.165) is 32.1 Å². The summed E-state index contributed by atoms with van der Waals surface area (Å²) in [4.78, 5) is 12.1. The van der Waals surface area contributed by atoms with Crippen molar-refractivity contribution in [3.63, 3.8) is 0 Å². The lowest BCUT2D eigenvalue weighted by molar-refractivity contribution is -0.124. The van der Waals surface area contributed by atoms with Crippen LogP contribution in [0.1, 0.15) is 57.4 Å². The molecule has 1 amide bonds. The smallest absolute Gasteiger partial charge is 0.237 e. The zero-order valence-electron chi connectivity index (χ0n) is 13.2. The fourth-order valence-electron chi connectivity index (χ4n) is 3.11. The van der Waals surface area contributed by atoms with E-state index in [9.17, 15) is 4.79 Å². The molecule has 2 atom stereocenters. The maximum absolute atomic E-state index is 12.1. The normalized spacial score (nSPS) is 25.1. The van der Waals surface area contributed by atoms with Crippen LogP contribution in [-0.2, 0) is 4.79 Å². The van der Waals surface area contributed by atoms with Gasteiger partial charge in [-0.25, -0.2) is 0 Å². The van der Waals surface area contributed by atoms with Crippen LogP contribution in [0.3, 0.4) is 0 Å². The molecule has 116 valence electrons. The third kappa shape index (κ3) is 4.31. The first-order valence-electron chi connectivity index (χ1n) is 8.22. The minimum Gasteiger partial charge on any atom is -0.352 e. The highest BCUT2D eigenvalue weighted by Crippen LogP contribution is 2.32. The van der Waals surface area contributed by atoms with Gasteiger partial charge in [-0.3, -0.25) is 4.79 Å². The fourth-order valence-corrected chi connectivity index (χ4v) is 3.11. The van der Waals surface area contributed by atoms with Crippen LogP contribution in [-0.4, -0.2) is 18.0 Å². The van der Waals surface area contributed by atoms with Gasteiger partial charge in [0, 0.05) is 6.04 Å². The summed E-state index contributed by atoms with van der Waals surface area (Å²) in [7, 11) is 0. The van der Waals surface area contributed by atoms with Crippen molar-refractivity contribution in [2.24, 2.45) is 11.7 Å². The Balaban J connectivity index is 1.80. The van der Waals surface area contributed by atoms with Crippen molar-refractivity contribution >= 4 is 5.91 Å². The Morgan fingerprint density at radius 2 is 1.86 bits per heavy atom. The number of hydrogen-bond donors (Lipinski definition) is 2. The number of nitrogens with two attached hydrogens (primary N) is 1. The molecule has 1 aromatic rings. The van der Waals surface area contributed by atoms with Crippen LogP contribution >= 0.6 is 0 Å². The molecule has 0 aromatic heterocycles. The van der Waals surface area contributed by atoms with Gasteiger partial charge in [-0.15, -0.1) is 0 Å². The standard InChI is InChI=1S/C18H28N2O/c1-3-13(2)17(19)18(21)20-16-11-9-15(10-12-16)14-7-5-4-6-8-14/h4-8,13,15-17H,3,9-12,19H2,1-2H3,(H,20,21)/t13-,15?,16?,17-/m0/s1. The van der Waals surface area contributed by atoms with Crippen LogP contribution in [0.25, 0.3) is 0 Å². The van der Waals surface area contributed by atoms with Crippen molar-refractivity contribution in [2.45, 2.75) is 64.0 Å². The molecule has 0 aliphatic heterocycles. The Hall–Kier alpha value is -1.35. The molecule has 0 radical (unpaired) electrons. The molecule has 3 N–H and O–H groups in total. The minimum absolute atomic E-state index is 0.0208. The molecule has 1 aliphatic rings. The Kier molecular flexibility index (Phi) is 5.80. The minimum atomic E-state index is -0.373. The Morgan fingerprint density at radius 1 is 1.24 bits per heavy atom. The predicted octanol–water partition coefficient (Wildman–Crippen LogP) is 3.20. The SMILES string of the molecule is CC[C@H](C)[C@H](N)C(=O)NC1CCC(c2ccccc2)CC1. The van der Waals surface area contributed by atoms with E-state index < -0.39 is 0 Å².